The Hall–Kier alpha value is -1.09. The molecule has 1 aromatic heterocycles. The lowest BCUT2D eigenvalue weighted by Crippen LogP contribution is -2.48. The van der Waals surface area contributed by atoms with Gasteiger partial charge in [0.05, 0.1) is 13.3 Å². The fraction of sp³-hybridized carbons (Fsp3) is 0.722. The number of methoxy groups -OCH3 is 1. The van der Waals surface area contributed by atoms with Crippen LogP contribution in [0.4, 0.5) is 0 Å². The first-order valence-electron chi connectivity index (χ1n) is 8.22. The molecule has 118 valence electrons. The summed E-state index contributed by atoms with van der Waals surface area (Å²) in [5, 5.41) is 3.72. The normalized spacial score (nSPS) is 26.6. The SMILES string of the molecule is CCNC1CC(C)CCC1C(C)(C)c1cncc(OC)c1. The van der Waals surface area contributed by atoms with Crippen LogP contribution in [0.1, 0.15) is 52.5 Å². The second-order valence-corrected chi connectivity index (χ2v) is 7.02. The fourth-order valence-corrected chi connectivity index (χ4v) is 3.83. The maximum absolute atomic E-state index is 5.35. The minimum atomic E-state index is 0.106. The molecule has 1 saturated carbocycles. The van der Waals surface area contributed by atoms with Gasteiger partial charge in [0, 0.05) is 12.2 Å². The van der Waals surface area contributed by atoms with Crippen LogP contribution in [0.3, 0.4) is 0 Å². The largest absolute Gasteiger partial charge is 0.495 e. The van der Waals surface area contributed by atoms with Gasteiger partial charge in [-0.25, -0.2) is 0 Å². The molecule has 0 aromatic carbocycles. The lowest BCUT2D eigenvalue weighted by Gasteiger charge is -2.45. The molecule has 0 saturated heterocycles. The van der Waals surface area contributed by atoms with E-state index in [1.54, 1.807) is 13.3 Å². The second-order valence-electron chi connectivity index (χ2n) is 7.02. The average Bonchev–Trinajstić information content (AvgIpc) is 2.47. The van der Waals surface area contributed by atoms with E-state index in [0.29, 0.717) is 12.0 Å². The molecule has 0 spiro atoms. The van der Waals surface area contributed by atoms with Crippen molar-refractivity contribution in [2.45, 2.75) is 58.4 Å². The summed E-state index contributed by atoms with van der Waals surface area (Å²) in [5.41, 5.74) is 1.39. The van der Waals surface area contributed by atoms with Crippen molar-refractivity contribution < 1.29 is 4.74 Å². The molecule has 21 heavy (non-hydrogen) atoms. The van der Waals surface area contributed by atoms with Crippen molar-refractivity contribution in [3.63, 3.8) is 0 Å². The summed E-state index contributed by atoms with van der Waals surface area (Å²) in [6, 6.07) is 2.74. The Labute approximate surface area is 129 Å². The first-order chi connectivity index (χ1) is 9.98. The van der Waals surface area contributed by atoms with Crippen LogP contribution in [0.5, 0.6) is 5.75 Å². The highest BCUT2D eigenvalue weighted by atomic mass is 16.5. The highest BCUT2D eigenvalue weighted by molar-refractivity contribution is 5.30. The number of pyridine rings is 1. The number of nitrogens with zero attached hydrogens (tertiary/aromatic N) is 1. The van der Waals surface area contributed by atoms with Gasteiger partial charge in [0.2, 0.25) is 0 Å². The Morgan fingerprint density at radius 3 is 2.76 bits per heavy atom. The van der Waals surface area contributed by atoms with E-state index in [2.05, 4.69) is 44.1 Å². The van der Waals surface area contributed by atoms with Crippen LogP contribution in [-0.2, 0) is 5.41 Å². The summed E-state index contributed by atoms with van der Waals surface area (Å²) in [4.78, 5) is 4.36. The van der Waals surface area contributed by atoms with E-state index in [4.69, 9.17) is 4.74 Å². The maximum atomic E-state index is 5.35. The third-order valence-corrected chi connectivity index (χ3v) is 5.20. The van der Waals surface area contributed by atoms with E-state index in [0.717, 1.165) is 18.2 Å². The Morgan fingerprint density at radius 2 is 2.10 bits per heavy atom. The molecule has 1 aliphatic rings. The number of hydrogen-bond acceptors (Lipinski definition) is 3. The van der Waals surface area contributed by atoms with Gasteiger partial charge in [0.25, 0.3) is 0 Å². The summed E-state index contributed by atoms with van der Waals surface area (Å²) in [7, 11) is 1.71. The summed E-state index contributed by atoms with van der Waals surface area (Å²) >= 11 is 0. The molecule has 1 heterocycles. The standard InChI is InChI=1S/C18H30N2O/c1-6-20-17-9-13(2)7-8-16(17)18(3,4)14-10-15(21-5)12-19-11-14/h10-13,16-17,20H,6-9H2,1-5H3. The van der Waals surface area contributed by atoms with Crippen molar-refractivity contribution >= 4 is 0 Å². The molecule has 1 fully saturated rings. The third-order valence-electron chi connectivity index (χ3n) is 5.20. The van der Waals surface area contributed by atoms with Gasteiger partial charge in [-0.3, -0.25) is 4.98 Å². The summed E-state index contributed by atoms with van der Waals surface area (Å²) < 4.78 is 5.35. The highest BCUT2D eigenvalue weighted by Gasteiger charge is 2.39. The minimum absolute atomic E-state index is 0.106. The number of ether oxygens (including phenoxy) is 1. The molecular formula is C18H30N2O. The van der Waals surface area contributed by atoms with Gasteiger partial charge in [-0.1, -0.05) is 34.1 Å². The number of aromatic nitrogens is 1. The predicted molar refractivity (Wildman–Crippen MR) is 87.8 cm³/mol. The van der Waals surface area contributed by atoms with Crippen molar-refractivity contribution in [3.8, 4) is 5.75 Å². The van der Waals surface area contributed by atoms with Crippen molar-refractivity contribution in [3.05, 3.63) is 24.0 Å². The lowest BCUT2D eigenvalue weighted by atomic mass is 9.64. The van der Waals surface area contributed by atoms with Crippen molar-refractivity contribution in [2.24, 2.45) is 11.8 Å². The molecule has 0 amide bonds. The van der Waals surface area contributed by atoms with Crippen LogP contribution >= 0.6 is 0 Å². The van der Waals surface area contributed by atoms with Gasteiger partial charge >= 0.3 is 0 Å². The van der Waals surface area contributed by atoms with Crippen LogP contribution in [-0.4, -0.2) is 24.7 Å². The third kappa shape index (κ3) is 3.57. The smallest absolute Gasteiger partial charge is 0.137 e. The Morgan fingerprint density at radius 1 is 1.33 bits per heavy atom. The van der Waals surface area contributed by atoms with E-state index < -0.39 is 0 Å². The minimum Gasteiger partial charge on any atom is -0.495 e. The topological polar surface area (TPSA) is 34.2 Å². The highest BCUT2D eigenvalue weighted by Crippen LogP contribution is 2.42. The molecule has 3 heteroatoms. The van der Waals surface area contributed by atoms with Gasteiger partial charge < -0.3 is 10.1 Å². The van der Waals surface area contributed by atoms with E-state index in [-0.39, 0.29) is 5.41 Å². The second kappa shape index (κ2) is 6.78. The van der Waals surface area contributed by atoms with Crippen molar-refractivity contribution in [1.82, 2.24) is 10.3 Å². The average molecular weight is 290 g/mol. The molecule has 1 N–H and O–H groups in total. The van der Waals surface area contributed by atoms with Crippen LogP contribution in [0.25, 0.3) is 0 Å². The molecule has 3 nitrogen and oxygen atoms in total. The van der Waals surface area contributed by atoms with E-state index in [1.165, 1.54) is 24.8 Å². The van der Waals surface area contributed by atoms with E-state index in [9.17, 15) is 0 Å². The van der Waals surface area contributed by atoms with Crippen molar-refractivity contribution in [1.29, 1.82) is 0 Å². The van der Waals surface area contributed by atoms with E-state index in [1.807, 2.05) is 6.20 Å². The molecule has 3 unspecified atom stereocenters. The molecule has 0 aliphatic heterocycles. The monoisotopic (exact) mass is 290 g/mol. The number of hydrogen-bond donors (Lipinski definition) is 1. The van der Waals surface area contributed by atoms with Crippen molar-refractivity contribution in [2.75, 3.05) is 13.7 Å². The zero-order valence-corrected chi connectivity index (χ0v) is 14.1. The summed E-state index contributed by atoms with van der Waals surface area (Å²) in [6.07, 6.45) is 7.67. The molecule has 3 atom stereocenters. The first kappa shape index (κ1) is 16.3. The van der Waals surface area contributed by atoms with E-state index >= 15 is 0 Å². The zero-order valence-electron chi connectivity index (χ0n) is 14.1. The van der Waals surface area contributed by atoms with Crippen LogP contribution < -0.4 is 10.1 Å². The molecule has 2 rings (SSSR count). The zero-order chi connectivity index (χ0) is 15.5. The molecule has 0 bridgehead atoms. The van der Waals surface area contributed by atoms with Crippen LogP contribution in [0, 0.1) is 11.8 Å². The predicted octanol–water partition coefficient (Wildman–Crippen LogP) is 3.78. The van der Waals surface area contributed by atoms with Gasteiger partial charge in [0.15, 0.2) is 0 Å². The van der Waals surface area contributed by atoms with Gasteiger partial charge in [-0.15, -0.1) is 0 Å². The molecule has 0 radical (unpaired) electrons. The number of nitrogens with one attached hydrogen (secondary N) is 1. The maximum Gasteiger partial charge on any atom is 0.137 e. The van der Waals surface area contributed by atoms with Gasteiger partial charge in [-0.05, 0) is 48.3 Å². The fourth-order valence-electron chi connectivity index (χ4n) is 3.83. The lowest BCUT2D eigenvalue weighted by molar-refractivity contribution is 0.146. The quantitative estimate of drug-likeness (QED) is 0.896. The summed E-state index contributed by atoms with van der Waals surface area (Å²) in [5.74, 6) is 2.32. The number of rotatable bonds is 5. The first-order valence-corrected chi connectivity index (χ1v) is 8.22. The molecular weight excluding hydrogens is 260 g/mol. The van der Waals surface area contributed by atoms with Crippen LogP contribution in [0.2, 0.25) is 0 Å². The van der Waals surface area contributed by atoms with Crippen LogP contribution in [0.15, 0.2) is 18.5 Å². The molecule has 1 aromatic rings. The summed E-state index contributed by atoms with van der Waals surface area (Å²) in [6.45, 7) is 10.3. The Bertz CT molecular complexity index is 458. The molecule has 1 aliphatic carbocycles. The van der Waals surface area contributed by atoms with Gasteiger partial charge in [0.1, 0.15) is 5.75 Å². The van der Waals surface area contributed by atoms with Gasteiger partial charge in [-0.2, -0.15) is 0 Å². The Kier molecular flexibility index (Phi) is 5.26. The Balaban J connectivity index is 2.26.